The second kappa shape index (κ2) is 5.24. The normalized spacial score (nSPS) is 10.8. The highest BCUT2D eigenvalue weighted by Gasteiger charge is 2.21. The number of Topliss-reactive ketones (excluding diaryl/α,β-unsaturated/α-hetero) is 1. The number of benzene rings is 1. The minimum absolute atomic E-state index is 0.258. The van der Waals surface area contributed by atoms with Crippen LogP contribution in [0.25, 0.3) is 11.0 Å². The second-order valence-electron chi connectivity index (χ2n) is 4.13. The van der Waals surface area contributed by atoms with Crippen LogP contribution in [0.4, 0.5) is 0 Å². The highest BCUT2D eigenvalue weighted by molar-refractivity contribution is 6.03. The Morgan fingerprint density at radius 3 is 2.84 bits per heavy atom. The third kappa shape index (κ3) is 2.37. The van der Waals surface area contributed by atoms with E-state index in [1.54, 1.807) is 32.0 Å². The van der Waals surface area contributed by atoms with Crippen LogP contribution in [-0.4, -0.2) is 24.1 Å². The molecule has 2 aromatic rings. The molecule has 5 nitrogen and oxygen atoms in total. The van der Waals surface area contributed by atoms with E-state index in [-0.39, 0.29) is 23.5 Å². The Bertz CT molecular complexity index is 684. The van der Waals surface area contributed by atoms with Gasteiger partial charge < -0.3 is 14.3 Å². The molecule has 0 aliphatic rings. The molecule has 0 atom stereocenters. The topological polar surface area (TPSA) is 76.7 Å². The first-order valence-electron chi connectivity index (χ1n) is 5.92. The smallest absolute Gasteiger partial charge is 0.351 e. The maximum Gasteiger partial charge on any atom is 0.351 e. The number of ketones is 1. The zero-order chi connectivity index (χ0) is 14.0. The second-order valence-corrected chi connectivity index (χ2v) is 4.13. The average molecular weight is 262 g/mol. The number of aromatic hydroxyl groups is 1. The van der Waals surface area contributed by atoms with Crippen molar-refractivity contribution in [3.63, 3.8) is 0 Å². The van der Waals surface area contributed by atoms with E-state index in [2.05, 4.69) is 0 Å². The molecule has 0 aliphatic heterocycles. The van der Waals surface area contributed by atoms with E-state index in [1.165, 1.54) is 0 Å². The molecule has 5 heteroatoms. The lowest BCUT2D eigenvalue weighted by Gasteiger charge is -2.07. The molecule has 2 rings (SSSR count). The Labute approximate surface area is 109 Å². The van der Waals surface area contributed by atoms with Crippen LogP contribution >= 0.6 is 0 Å². The molecule has 0 unspecified atom stereocenters. The monoisotopic (exact) mass is 262 g/mol. The molecule has 0 spiro atoms. The number of ether oxygens (including phenoxy) is 1. The Hall–Kier alpha value is -2.14. The van der Waals surface area contributed by atoms with Gasteiger partial charge in [-0.2, -0.15) is 0 Å². The van der Waals surface area contributed by atoms with Crippen molar-refractivity contribution in [3.8, 4) is 5.75 Å². The van der Waals surface area contributed by atoms with Crippen LogP contribution < -0.4 is 5.63 Å². The van der Waals surface area contributed by atoms with Gasteiger partial charge in [-0.25, -0.2) is 4.79 Å². The van der Waals surface area contributed by atoms with E-state index >= 15 is 0 Å². The van der Waals surface area contributed by atoms with Gasteiger partial charge in [-0.1, -0.05) is 12.1 Å². The molecule has 0 saturated carbocycles. The van der Waals surface area contributed by atoms with Crippen molar-refractivity contribution < 1.29 is 19.1 Å². The van der Waals surface area contributed by atoms with Gasteiger partial charge in [0.05, 0.1) is 5.39 Å². The van der Waals surface area contributed by atoms with Gasteiger partial charge in [0.25, 0.3) is 0 Å². The van der Waals surface area contributed by atoms with Crippen molar-refractivity contribution in [3.05, 3.63) is 39.7 Å². The van der Waals surface area contributed by atoms with E-state index in [9.17, 15) is 14.7 Å². The number of hydrogen-bond acceptors (Lipinski definition) is 5. The standard InChI is InChI=1S/C14H14O5/c1-3-18-7-10(15)11-12(16)9-6-4-5-8(2)13(9)19-14(11)17/h4-6,16H,3,7H2,1-2H3. The van der Waals surface area contributed by atoms with Gasteiger partial charge in [0.1, 0.15) is 23.5 Å². The number of carbonyl (C=O) groups is 1. The summed E-state index contributed by atoms with van der Waals surface area (Å²) in [5.41, 5.74) is -0.192. The van der Waals surface area contributed by atoms with Crippen LogP contribution in [0.1, 0.15) is 22.8 Å². The summed E-state index contributed by atoms with van der Waals surface area (Å²) in [6.07, 6.45) is 0. The summed E-state index contributed by atoms with van der Waals surface area (Å²) in [5, 5.41) is 10.4. The molecule has 1 aromatic heterocycles. The number of para-hydroxylation sites is 1. The molecule has 100 valence electrons. The van der Waals surface area contributed by atoms with Gasteiger partial charge in [0.15, 0.2) is 5.78 Å². The van der Waals surface area contributed by atoms with Gasteiger partial charge >= 0.3 is 5.63 Å². The van der Waals surface area contributed by atoms with Crippen LogP contribution in [0.15, 0.2) is 27.4 Å². The predicted molar refractivity (Wildman–Crippen MR) is 69.7 cm³/mol. The lowest BCUT2D eigenvalue weighted by atomic mass is 10.1. The van der Waals surface area contributed by atoms with E-state index in [0.717, 1.165) is 0 Å². The zero-order valence-electron chi connectivity index (χ0n) is 10.7. The average Bonchev–Trinajstić information content (AvgIpc) is 2.38. The van der Waals surface area contributed by atoms with Crippen LogP contribution in [0.2, 0.25) is 0 Å². The number of aryl methyl sites for hydroxylation is 1. The van der Waals surface area contributed by atoms with E-state index < -0.39 is 11.4 Å². The minimum Gasteiger partial charge on any atom is -0.506 e. The molecule has 0 aliphatic carbocycles. The van der Waals surface area contributed by atoms with E-state index in [0.29, 0.717) is 17.6 Å². The summed E-state index contributed by atoms with van der Waals surface area (Å²) < 4.78 is 10.1. The Balaban J connectivity index is 2.63. The summed E-state index contributed by atoms with van der Waals surface area (Å²) in [6.45, 7) is 3.59. The Morgan fingerprint density at radius 1 is 1.42 bits per heavy atom. The summed E-state index contributed by atoms with van der Waals surface area (Å²) >= 11 is 0. The molecular weight excluding hydrogens is 248 g/mol. The fourth-order valence-corrected chi connectivity index (χ4v) is 1.86. The lowest BCUT2D eigenvalue weighted by molar-refractivity contribution is 0.0777. The number of carbonyl (C=O) groups excluding carboxylic acids is 1. The molecule has 0 fully saturated rings. The summed E-state index contributed by atoms with van der Waals surface area (Å²) in [6, 6.07) is 5.07. The van der Waals surface area contributed by atoms with Gasteiger partial charge in [0.2, 0.25) is 0 Å². The SMILES string of the molecule is CCOCC(=O)c1c(O)c2cccc(C)c2oc1=O. The van der Waals surface area contributed by atoms with Gasteiger partial charge in [0, 0.05) is 6.61 Å². The number of rotatable bonds is 4. The fourth-order valence-electron chi connectivity index (χ4n) is 1.86. The van der Waals surface area contributed by atoms with Crippen molar-refractivity contribution >= 4 is 16.8 Å². The molecule has 19 heavy (non-hydrogen) atoms. The molecule has 0 saturated heterocycles. The lowest BCUT2D eigenvalue weighted by Crippen LogP contribution is -2.19. The van der Waals surface area contributed by atoms with Gasteiger partial charge in [-0.3, -0.25) is 4.79 Å². The largest absolute Gasteiger partial charge is 0.506 e. The molecule has 1 N–H and O–H groups in total. The molecule has 0 amide bonds. The van der Waals surface area contributed by atoms with Crippen LogP contribution in [0.3, 0.4) is 0 Å². The predicted octanol–water partition coefficient (Wildman–Crippen LogP) is 2.03. The van der Waals surface area contributed by atoms with Crippen molar-refractivity contribution in [2.45, 2.75) is 13.8 Å². The van der Waals surface area contributed by atoms with Crippen molar-refractivity contribution in [1.29, 1.82) is 0 Å². The molecule has 0 radical (unpaired) electrons. The summed E-state index contributed by atoms with van der Waals surface area (Å²) in [4.78, 5) is 23.6. The first-order valence-corrected chi connectivity index (χ1v) is 5.92. The highest BCUT2D eigenvalue weighted by Crippen LogP contribution is 2.28. The van der Waals surface area contributed by atoms with Crippen LogP contribution in [-0.2, 0) is 4.74 Å². The first kappa shape index (κ1) is 13.3. The zero-order valence-corrected chi connectivity index (χ0v) is 10.7. The third-order valence-electron chi connectivity index (χ3n) is 2.82. The third-order valence-corrected chi connectivity index (χ3v) is 2.82. The molecule has 1 heterocycles. The minimum atomic E-state index is -0.844. The number of fused-ring (bicyclic) bond motifs is 1. The van der Waals surface area contributed by atoms with E-state index in [1.807, 2.05) is 0 Å². The van der Waals surface area contributed by atoms with Crippen LogP contribution in [0, 0.1) is 6.92 Å². The summed E-state index contributed by atoms with van der Waals surface area (Å²) in [7, 11) is 0. The maximum atomic E-state index is 11.8. The van der Waals surface area contributed by atoms with Crippen molar-refractivity contribution in [1.82, 2.24) is 0 Å². The fraction of sp³-hybridized carbons (Fsp3) is 0.286. The molecule has 0 bridgehead atoms. The van der Waals surface area contributed by atoms with Gasteiger partial charge in [-0.15, -0.1) is 0 Å². The summed E-state index contributed by atoms with van der Waals surface area (Å²) in [5.74, 6) is -0.934. The molecule has 1 aromatic carbocycles. The van der Waals surface area contributed by atoms with Crippen molar-refractivity contribution in [2.75, 3.05) is 13.2 Å². The Kier molecular flexibility index (Phi) is 3.66. The Morgan fingerprint density at radius 2 is 2.16 bits per heavy atom. The highest BCUT2D eigenvalue weighted by atomic mass is 16.5. The van der Waals surface area contributed by atoms with E-state index in [4.69, 9.17) is 9.15 Å². The van der Waals surface area contributed by atoms with Crippen molar-refractivity contribution in [2.24, 2.45) is 0 Å². The quantitative estimate of drug-likeness (QED) is 0.673. The van der Waals surface area contributed by atoms with Gasteiger partial charge in [-0.05, 0) is 25.5 Å². The maximum absolute atomic E-state index is 11.8. The number of hydrogen-bond donors (Lipinski definition) is 1. The molecular formula is C14H14O5. The first-order chi connectivity index (χ1) is 9.06. The van der Waals surface area contributed by atoms with Crippen LogP contribution in [0.5, 0.6) is 5.75 Å².